The molecule has 0 bridgehead atoms. The van der Waals surface area contributed by atoms with E-state index in [0.717, 1.165) is 13.1 Å². The molecule has 6 rings (SSSR count). The number of hydrogen-bond donors (Lipinski definition) is 1. The summed E-state index contributed by atoms with van der Waals surface area (Å²) in [4.78, 5) is 0. The Bertz CT molecular complexity index is 2320. The Labute approximate surface area is 343 Å². The number of halogens is 16. The number of aryl methyl sites for hydroxylation is 2. The van der Waals surface area contributed by atoms with Gasteiger partial charge in [0.1, 0.15) is 65.8 Å². The monoisotopic (exact) mass is 889 g/mol. The molecule has 18 heteroatoms. The van der Waals surface area contributed by atoms with Gasteiger partial charge in [0.05, 0.1) is 0 Å². The highest BCUT2D eigenvalue weighted by molar-refractivity contribution is 7.20. The van der Waals surface area contributed by atoms with Gasteiger partial charge in [-0.3, -0.25) is 0 Å². The van der Waals surface area contributed by atoms with E-state index in [1.54, 1.807) is 0 Å². The first-order valence-corrected chi connectivity index (χ1v) is 18.4. The van der Waals surface area contributed by atoms with Crippen LogP contribution in [0.5, 0.6) is 0 Å². The van der Waals surface area contributed by atoms with Crippen molar-refractivity contribution in [1.29, 1.82) is 0 Å². The minimum absolute atomic E-state index is 0.292. The fourth-order valence-electron chi connectivity index (χ4n) is 7.48. The van der Waals surface area contributed by atoms with Crippen molar-refractivity contribution < 1.29 is 75.6 Å². The molecule has 0 saturated carbocycles. The molecular formula is C44H32BF16N. The molecule has 0 unspecified atom stereocenters. The fourth-order valence-corrected chi connectivity index (χ4v) is 7.48. The van der Waals surface area contributed by atoms with Crippen LogP contribution in [0, 0.1) is 135 Å². The number of rotatable bonds is 8. The predicted octanol–water partition coefficient (Wildman–Crippen LogP) is 9.09. The summed E-state index contributed by atoms with van der Waals surface area (Å²) in [5.74, 6) is -45.7. The van der Waals surface area contributed by atoms with Crippen molar-refractivity contribution in [3.8, 4) is 0 Å². The van der Waals surface area contributed by atoms with Gasteiger partial charge in [0.2, 0.25) is 0 Å². The summed E-state index contributed by atoms with van der Waals surface area (Å²) in [5.41, 5.74) is -12.9. The summed E-state index contributed by atoms with van der Waals surface area (Å²) < 4.78 is 247. The van der Waals surface area contributed by atoms with Gasteiger partial charge in [-0.2, -0.15) is 0 Å². The van der Waals surface area contributed by atoms with Crippen LogP contribution < -0.4 is 27.2 Å². The number of hydrogen-bond acceptors (Lipinski definition) is 0. The van der Waals surface area contributed by atoms with Gasteiger partial charge in [0, 0.05) is 33.4 Å². The first-order chi connectivity index (χ1) is 29.0. The lowest BCUT2D eigenvalue weighted by molar-refractivity contribution is -0.686. The van der Waals surface area contributed by atoms with Crippen LogP contribution in [0.4, 0.5) is 70.2 Å². The molecule has 0 saturated heterocycles. The molecular weight excluding hydrogens is 857 g/mol. The van der Waals surface area contributed by atoms with E-state index in [-0.39, 0.29) is 0 Å². The van der Waals surface area contributed by atoms with Crippen LogP contribution in [0.3, 0.4) is 0 Å². The molecule has 0 fully saturated rings. The molecule has 1 nitrogen and oxygen atoms in total. The minimum Gasteiger partial charge on any atom is -0.339 e. The zero-order valence-electron chi connectivity index (χ0n) is 33.2. The minimum atomic E-state index is -6.55. The highest BCUT2D eigenvalue weighted by Gasteiger charge is 2.51. The predicted molar refractivity (Wildman–Crippen MR) is 200 cm³/mol. The van der Waals surface area contributed by atoms with Crippen LogP contribution in [-0.2, 0) is 13.1 Å². The standard InChI is InChI=1S/C28H12BF16.C16H19N/c1-5-13(30)21(38)9(22(39)14(5)31)29(10-23(40)15(32)6(2)16(33)24(10)41,11-25(42)17(34)7(3)18(35)26(11)43)12-27(44)19(36)8(4)20(37)28(12)45;1-13-7-3-5-9-15(13)11-17-12-16-10-6-4-8-14(16)2/h1-4H3;3-10,17H,11-12H2,1-2H3/q-1;/p+1. The van der Waals surface area contributed by atoms with E-state index in [0.29, 0.717) is 27.7 Å². The Morgan fingerprint density at radius 3 is 0.694 bits per heavy atom. The van der Waals surface area contributed by atoms with E-state index in [9.17, 15) is 0 Å². The van der Waals surface area contributed by atoms with Crippen molar-refractivity contribution in [1.82, 2.24) is 0 Å². The second-order valence-corrected chi connectivity index (χ2v) is 14.6. The van der Waals surface area contributed by atoms with E-state index in [4.69, 9.17) is 0 Å². The van der Waals surface area contributed by atoms with Gasteiger partial charge >= 0.3 is 0 Å². The zero-order valence-corrected chi connectivity index (χ0v) is 33.2. The largest absolute Gasteiger partial charge is 0.339 e. The molecule has 0 aliphatic rings. The second-order valence-electron chi connectivity index (χ2n) is 14.6. The van der Waals surface area contributed by atoms with Gasteiger partial charge in [-0.05, 0) is 52.7 Å². The molecule has 62 heavy (non-hydrogen) atoms. The van der Waals surface area contributed by atoms with Gasteiger partial charge in [-0.15, -0.1) is 21.9 Å². The summed E-state index contributed by atoms with van der Waals surface area (Å²) in [5, 5.41) is 2.37. The Morgan fingerprint density at radius 2 is 0.500 bits per heavy atom. The molecule has 0 radical (unpaired) electrons. The van der Waals surface area contributed by atoms with Crippen molar-refractivity contribution in [2.75, 3.05) is 0 Å². The molecule has 0 spiro atoms. The van der Waals surface area contributed by atoms with E-state index in [1.165, 1.54) is 22.3 Å². The number of nitrogens with two attached hydrogens (primary N) is 1. The van der Waals surface area contributed by atoms with E-state index >= 15 is 70.2 Å². The normalized spacial score (nSPS) is 11.6. The maximum absolute atomic E-state index is 15.8. The third kappa shape index (κ3) is 7.59. The lowest BCUT2D eigenvalue weighted by Crippen LogP contribution is -2.81. The molecule has 2 N–H and O–H groups in total. The van der Waals surface area contributed by atoms with Crippen molar-refractivity contribution in [3.05, 3.63) is 186 Å². The lowest BCUT2D eigenvalue weighted by atomic mass is 9.12. The highest BCUT2D eigenvalue weighted by Crippen LogP contribution is 2.31. The fraction of sp³-hybridized carbons (Fsp3) is 0.182. The quantitative estimate of drug-likeness (QED) is 0.0894. The number of quaternary nitrogens is 1. The van der Waals surface area contributed by atoms with Crippen LogP contribution in [0.25, 0.3) is 0 Å². The Hall–Kier alpha value is -5.78. The van der Waals surface area contributed by atoms with Crippen LogP contribution in [0.1, 0.15) is 44.5 Å². The van der Waals surface area contributed by atoms with Gasteiger partial charge in [0.25, 0.3) is 0 Å². The summed E-state index contributed by atoms with van der Waals surface area (Å²) in [6, 6.07) is 17.2. The van der Waals surface area contributed by atoms with Gasteiger partial charge in [-0.25, -0.2) is 70.2 Å². The first-order valence-electron chi connectivity index (χ1n) is 18.4. The summed E-state index contributed by atoms with van der Waals surface area (Å²) in [6.07, 6.45) is -6.55. The molecule has 0 aromatic heterocycles. The molecule has 328 valence electrons. The average molecular weight is 890 g/mol. The first kappa shape index (κ1) is 47.3. The molecule has 6 aromatic carbocycles. The van der Waals surface area contributed by atoms with Gasteiger partial charge in [-0.1, -0.05) is 48.5 Å². The van der Waals surface area contributed by atoms with Crippen molar-refractivity contribution in [2.24, 2.45) is 0 Å². The average Bonchev–Trinajstić information content (AvgIpc) is 3.25. The molecule has 0 heterocycles. The van der Waals surface area contributed by atoms with E-state index < -0.39 is 143 Å². The molecule has 0 aliphatic carbocycles. The second kappa shape index (κ2) is 17.9. The van der Waals surface area contributed by atoms with Crippen LogP contribution in [0.15, 0.2) is 48.5 Å². The molecule has 6 aromatic rings. The molecule has 0 amide bonds. The summed E-state index contributed by atoms with van der Waals surface area (Å²) >= 11 is 0. The summed E-state index contributed by atoms with van der Waals surface area (Å²) in [7, 11) is 0. The topological polar surface area (TPSA) is 16.6 Å². The third-order valence-electron chi connectivity index (χ3n) is 11.1. The molecule has 0 atom stereocenters. The molecule has 0 aliphatic heterocycles. The third-order valence-corrected chi connectivity index (χ3v) is 11.1. The number of benzene rings is 6. The van der Waals surface area contributed by atoms with Crippen LogP contribution in [0.2, 0.25) is 0 Å². The Balaban J connectivity index is 0.000000355. The van der Waals surface area contributed by atoms with Crippen LogP contribution in [-0.4, -0.2) is 6.15 Å². The van der Waals surface area contributed by atoms with Gasteiger partial charge < -0.3 is 5.32 Å². The SMILES string of the molecule is Cc1c(F)c(F)c([B-](c2c(F)c(F)c(C)c(F)c2F)(c2c(F)c(F)c(C)c(F)c2F)c2c(F)c(F)c(C)c(F)c2F)c(F)c1F.Cc1ccccc1C[NH2+]Cc1ccccc1C. The lowest BCUT2D eigenvalue weighted by Gasteiger charge is -2.45. The Morgan fingerprint density at radius 1 is 0.306 bits per heavy atom. The van der Waals surface area contributed by atoms with Crippen molar-refractivity contribution in [3.63, 3.8) is 0 Å². The Kier molecular flexibility index (Phi) is 13.7. The maximum Gasteiger partial charge on any atom is 0.161 e. The summed E-state index contributed by atoms with van der Waals surface area (Å²) in [6.45, 7) is 7.64. The van der Waals surface area contributed by atoms with Crippen molar-refractivity contribution >= 4 is 28.0 Å². The maximum atomic E-state index is 15.8. The van der Waals surface area contributed by atoms with E-state index in [1.807, 2.05) is 0 Å². The van der Waals surface area contributed by atoms with Crippen LogP contribution >= 0.6 is 0 Å². The van der Waals surface area contributed by atoms with E-state index in [2.05, 4.69) is 67.7 Å². The van der Waals surface area contributed by atoms with Crippen molar-refractivity contribution in [2.45, 2.75) is 54.6 Å². The highest BCUT2D eigenvalue weighted by atomic mass is 19.2. The van der Waals surface area contributed by atoms with Gasteiger partial charge in [0.15, 0.2) is 46.5 Å². The zero-order chi connectivity index (χ0) is 46.4. The smallest absolute Gasteiger partial charge is 0.161 e.